The van der Waals surface area contributed by atoms with Gasteiger partial charge in [-0.15, -0.1) is 0 Å². The molecule has 4 nitrogen and oxygen atoms in total. The lowest BCUT2D eigenvalue weighted by Crippen LogP contribution is -2.48. The minimum absolute atomic E-state index is 0.150. The fourth-order valence-electron chi connectivity index (χ4n) is 2.67. The first-order valence-electron chi connectivity index (χ1n) is 6.82. The minimum atomic E-state index is 0.150. The molecule has 0 radical (unpaired) electrons. The fraction of sp³-hybridized carbons (Fsp3) is 0.400. The first-order chi connectivity index (χ1) is 9.34. The number of hydrogen-bond acceptors (Lipinski definition) is 2. The Bertz CT molecular complexity index is 472. The highest BCUT2D eigenvalue weighted by atomic mass is 16.2. The fourth-order valence-corrected chi connectivity index (χ4v) is 2.67. The van der Waals surface area contributed by atoms with Gasteiger partial charge in [0.25, 0.3) is 0 Å². The molecule has 2 heterocycles. The molecule has 1 unspecified atom stereocenters. The molecule has 0 aromatic heterocycles. The third-order valence-electron chi connectivity index (χ3n) is 3.72. The molecule has 1 N–H and O–H groups in total. The van der Waals surface area contributed by atoms with Crippen LogP contribution in [0, 0.1) is 0 Å². The summed E-state index contributed by atoms with van der Waals surface area (Å²) in [5.41, 5.74) is 1.19. The van der Waals surface area contributed by atoms with Crippen molar-refractivity contribution >= 4 is 6.03 Å². The van der Waals surface area contributed by atoms with Crippen LogP contribution in [-0.4, -0.2) is 41.6 Å². The monoisotopic (exact) mass is 257 g/mol. The molecule has 1 fully saturated rings. The Hall–Kier alpha value is -1.81. The average Bonchev–Trinajstić information content (AvgIpc) is 2.82. The molecule has 2 aliphatic heterocycles. The van der Waals surface area contributed by atoms with Gasteiger partial charge in [-0.2, -0.15) is 0 Å². The number of carbonyl (C=O) groups is 1. The van der Waals surface area contributed by atoms with Crippen LogP contribution in [0.25, 0.3) is 0 Å². The maximum absolute atomic E-state index is 12.4. The largest absolute Gasteiger partial charge is 0.321 e. The van der Waals surface area contributed by atoms with Crippen molar-refractivity contribution in [1.82, 2.24) is 15.1 Å². The molecule has 0 aliphatic carbocycles. The van der Waals surface area contributed by atoms with Gasteiger partial charge in [0, 0.05) is 26.2 Å². The first-order valence-corrected chi connectivity index (χ1v) is 6.82. The Morgan fingerprint density at radius 2 is 2.00 bits per heavy atom. The van der Waals surface area contributed by atoms with Crippen molar-refractivity contribution in [1.29, 1.82) is 0 Å². The molecule has 1 aromatic rings. The van der Waals surface area contributed by atoms with Crippen molar-refractivity contribution in [2.75, 3.05) is 19.6 Å². The summed E-state index contributed by atoms with van der Waals surface area (Å²) < 4.78 is 0. The number of carbonyl (C=O) groups excluding carboxylic acids is 1. The molecule has 1 atom stereocenters. The number of benzene rings is 1. The lowest BCUT2D eigenvalue weighted by molar-refractivity contribution is 0.166. The summed E-state index contributed by atoms with van der Waals surface area (Å²) >= 11 is 0. The normalized spacial score (nSPS) is 23.2. The van der Waals surface area contributed by atoms with Gasteiger partial charge in [-0.1, -0.05) is 42.5 Å². The van der Waals surface area contributed by atoms with E-state index in [0.29, 0.717) is 6.54 Å². The summed E-state index contributed by atoms with van der Waals surface area (Å²) in [7, 11) is 0. The van der Waals surface area contributed by atoms with E-state index in [0.717, 1.165) is 26.1 Å². The molecule has 1 saturated heterocycles. The maximum Gasteiger partial charge on any atom is 0.321 e. The zero-order valence-corrected chi connectivity index (χ0v) is 11.0. The quantitative estimate of drug-likeness (QED) is 0.838. The summed E-state index contributed by atoms with van der Waals surface area (Å²) in [6.07, 6.45) is 5.33. The molecule has 0 saturated carbocycles. The van der Waals surface area contributed by atoms with Crippen LogP contribution in [0.1, 0.15) is 12.0 Å². The molecule has 3 rings (SSSR count). The van der Waals surface area contributed by atoms with Gasteiger partial charge in [-0.25, -0.2) is 4.79 Å². The van der Waals surface area contributed by atoms with E-state index in [4.69, 9.17) is 0 Å². The Labute approximate surface area is 113 Å². The minimum Gasteiger partial charge on any atom is -0.319 e. The molecule has 0 bridgehead atoms. The van der Waals surface area contributed by atoms with E-state index < -0.39 is 0 Å². The molecule has 100 valence electrons. The van der Waals surface area contributed by atoms with Gasteiger partial charge >= 0.3 is 6.03 Å². The third kappa shape index (κ3) is 2.63. The Kier molecular flexibility index (Phi) is 3.51. The van der Waals surface area contributed by atoms with Crippen LogP contribution >= 0.6 is 0 Å². The second kappa shape index (κ2) is 5.45. The summed E-state index contributed by atoms with van der Waals surface area (Å²) in [6, 6.07) is 10.3. The van der Waals surface area contributed by atoms with Gasteiger partial charge in [0.05, 0.1) is 6.17 Å². The highest BCUT2D eigenvalue weighted by molar-refractivity contribution is 5.76. The number of urea groups is 1. The van der Waals surface area contributed by atoms with E-state index in [1.165, 1.54) is 5.56 Å². The van der Waals surface area contributed by atoms with Crippen LogP contribution in [0.3, 0.4) is 0 Å². The van der Waals surface area contributed by atoms with Crippen molar-refractivity contribution < 1.29 is 4.79 Å². The summed E-state index contributed by atoms with van der Waals surface area (Å²) in [5.74, 6) is 0. The van der Waals surface area contributed by atoms with Crippen molar-refractivity contribution in [3.8, 4) is 0 Å². The SMILES string of the molecule is O=C1N(Cc2ccccc2)CCN1C1CC=CCN1. The summed E-state index contributed by atoms with van der Waals surface area (Å²) in [6.45, 7) is 3.19. The summed E-state index contributed by atoms with van der Waals surface area (Å²) in [4.78, 5) is 16.3. The number of nitrogens with zero attached hydrogens (tertiary/aromatic N) is 2. The highest BCUT2D eigenvalue weighted by Crippen LogP contribution is 2.17. The van der Waals surface area contributed by atoms with Crippen molar-refractivity contribution in [3.63, 3.8) is 0 Å². The van der Waals surface area contributed by atoms with E-state index in [1.807, 2.05) is 28.0 Å². The van der Waals surface area contributed by atoms with E-state index in [9.17, 15) is 4.79 Å². The molecule has 0 spiro atoms. The van der Waals surface area contributed by atoms with Crippen LogP contribution in [0.5, 0.6) is 0 Å². The van der Waals surface area contributed by atoms with Gasteiger partial charge in [-0.05, 0) is 12.0 Å². The molecular weight excluding hydrogens is 238 g/mol. The van der Waals surface area contributed by atoms with Crippen LogP contribution in [0.4, 0.5) is 4.79 Å². The second-order valence-electron chi connectivity index (χ2n) is 5.01. The first kappa shape index (κ1) is 12.2. The lowest BCUT2D eigenvalue weighted by Gasteiger charge is -2.29. The van der Waals surface area contributed by atoms with E-state index in [1.54, 1.807) is 0 Å². The molecule has 1 aromatic carbocycles. The van der Waals surface area contributed by atoms with Crippen molar-refractivity contribution in [2.24, 2.45) is 0 Å². The third-order valence-corrected chi connectivity index (χ3v) is 3.72. The van der Waals surface area contributed by atoms with Gasteiger partial charge in [0.2, 0.25) is 0 Å². The number of hydrogen-bond donors (Lipinski definition) is 1. The molecule has 2 aliphatic rings. The van der Waals surface area contributed by atoms with Crippen molar-refractivity contribution in [3.05, 3.63) is 48.0 Å². The molecular formula is C15H19N3O. The van der Waals surface area contributed by atoms with E-state index in [2.05, 4.69) is 29.6 Å². The smallest absolute Gasteiger partial charge is 0.319 e. The Morgan fingerprint density at radius 3 is 2.74 bits per heavy atom. The van der Waals surface area contributed by atoms with Gasteiger partial charge in [-0.3, -0.25) is 5.32 Å². The van der Waals surface area contributed by atoms with Crippen LogP contribution in [-0.2, 0) is 6.54 Å². The molecule has 2 amide bonds. The number of rotatable bonds is 3. The van der Waals surface area contributed by atoms with Crippen molar-refractivity contribution in [2.45, 2.75) is 19.1 Å². The number of nitrogens with one attached hydrogen (secondary N) is 1. The Balaban J connectivity index is 1.63. The number of amides is 2. The van der Waals surface area contributed by atoms with Crippen LogP contribution < -0.4 is 5.32 Å². The highest BCUT2D eigenvalue weighted by Gasteiger charge is 2.33. The predicted molar refractivity (Wildman–Crippen MR) is 74.5 cm³/mol. The Morgan fingerprint density at radius 1 is 1.16 bits per heavy atom. The predicted octanol–water partition coefficient (Wildman–Crippen LogP) is 1.80. The maximum atomic E-state index is 12.4. The zero-order chi connectivity index (χ0) is 13.1. The molecule has 19 heavy (non-hydrogen) atoms. The van der Waals surface area contributed by atoms with Gasteiger partial charge in [0.15, 0.2) is 0 Å². The van der Waals surface area contributed by atoms with Crippen LogP contribution in [0.15, 0.2) is 42.5 Å². The topological polar surface area (TPSA) is 35.6 Å². The van der Waals surface area contributed by atoms with Gasteiger partial charge < -0.3 is 9.80 Å². The van der Waals surface area contributed by atoms with E-state index in [-0.39, 0.29) is 12.2 Å². The molecule has 4 heteroatoms. The second-order valence-corrected chi connectivity index (χ2v) is 5.01. The van der Waals surface area contributed by atoms with Gasteiger partial charge in [0.1, 0.15) is 0 Å². The standard InChI is InChI=1S/C15H19N3O/c19-15-17(12-13-6-2-1-3-7-13)10-11-18(15)14-8-4-5-9-16-14/h1-7,14,16H,8-12H2. The zero-order valence-electron chi connectivity index (χ0n) is 11.0. The van der Waals surface area contributed by atoms with Crippen LogP contribution in [0.2, 0.25) is 0 Å². The lowest BCUT2D eigenvalue weighted by atomic mass is 10.2. The van der Waals surface area contributed by atoms with E-state index >= 15 is 0 Å². The summed E-state index contributed by atoms with van der Waals surface area (Å²) in [5, 5.41) is 3.37. The average molecular weight is 257 g/mol.